The van der Waals surface area contributed by atoms with Crippen molar-refractivity contribution >= 4 is 0 Å². The van der Waals surface area contributed by atoms with Gasteiger partial charge in [0.2, 0.25) is 0 Å². The fraction of sp³-hybridized carbons (Fsp3) is 1.00. The first-order valence-electron chi connectivity index (χ1n) is 8.66. The maximum atomic E-state index is 6.80. The molecule has 5 saturated carbocycles. The Balaban J connectivity index is 1.59. The van der Waals surface area contributed by atoms with Gasteiger partial charge in [0.1, 0.15) is 0 Å². The summed E-state index contributed by atoms with van der Waals surface area (Å²) in [6.45, 7) is 5.14. The van der Waals surface area contributed by atoms with Crippen LogP contribution in [0.5, 0.6) is 0 Å². The topological polar surface area (TPSA) is 26.0 Å². The summed E-state index contributed by atoms with van der Waals surface area (Å²) in [4.78, 5) is 0. The van der Waals surface area contributed by atoms with Crippen molar-refractivity contribution in [1.29, 1.82) is 0 Å². The van der Waals surface area contributed by atoms with Crippen LogP contribution in [-0.2, 0) is 0 Å². The Labute approximate surface area is 118 Å². The highest BCUT2D eigenvalue weighted by atomic mass is 14.8. The van der Waals surface area contributed by atoms with Crippen LogP contribution in [-0.4, -0.2) is 6.04 Å². The molecule has 108 valence electrons. The van der Waals surface area contributed by atoms with Crippen LogP contribution in [0.4, 0.5) is 0 Å². The summed E-state index contributed by atoms with van der Waals surface area (Å²) in [6.07, 6.45) is 14.5. The normalized spacial score (nSPS) is 54.2. The summed E-state index contributed by atoms with van der Waals surface area (Å²) in [5.41, 5.74) is 8.59. The van der Waals surface area contributed by atoms with E-state index in [2.05, 4.69) is 13.8 Å². The van der Waals surface area contributed by atoms with Crippen LogP contribution in [0.25, 0.3) is 0 Å². The van der Waals surface area contributed by atoms with E-state index in [-0.39, 0.29) is 0 Å². The van der Waals surface area contributed by atoms with Crippen LogP contribution >= 0.6 is 0 Å². The van der Waals surface area contributed by atoms with Gasteiger partial charge in [0.25, 0.3) is 0 Å². The average Bonchev–Trinajstić information content (AvgIpc) is 2.17. The van der Waals surface area contributed by atoms with Gasteiger partial charge < -0.3 is 5.73 Å². The SMILES string of the molecule is CC12CC3CC(C)(C1)CC(C(N)CC1CCC1)(C3)C2. The van der Waals surface area contributed by atoms with Gasteiger partial charge in [0, 0.05) is 6.04 Å². The van der Waals surface area contributed by atoms with Crippen LogP contribution in [0, 0.1) is 28.1 Å². The lowest BCUT2D eigenvalue weighted by Gasteiger charge is -2.67. The number of hydrogen-bond donors (Lipinski definition) is 1. The zero-order valence-electron chi connectivity index (χ0n) is 12.9. The Morgan fingerprint density at radius 1 is 1.00 bits per heavy atom. The first-order chi connectivity index (χ1) is 8.91. The summed E-state index contributed by atoms with van der Waals surface area (Å²) in [5.74, 6) is 1.97. The van der Waals surface area contributed by atoms with E-state index >= 15 is 0 Å². The van der Waals surface area contributed by atoms with E-state index in [0.29, 0.717) is 22.3 Å². The largest absolute Gasteiger partial charge is 0.327 e. The molecule has 0 saturated heterocycles. The monoisotopic (exact) mass is 261 g/mol. The second kappa shape index (κ2) is 3.78. The third-order valence-electron chi connectivity index (χ3n) is 7.27. The summed E-state index contributed by atoms with van der Waals surface area (Å²) in [5, 5.41) is 0. The van der Waals surface area contributed by atoms with Crippen molar-refractivity contribution in [3.63, 3.8) is 0 Å². The van der Waals surface area contributed by atoms with Gasteiger partial charge in [0.05, 0.1) is 0 Å². The Kier molecular flexibility index (Phi) is 2.52. The zero-order valence-corrected chi connectivity index (χ0v) is 12.9. The van der Waals surface area contributed by atoms with E-state index in [1.54, 1.807) is 0 Å². The van der Waals surface area contributed by atoms with Gasteiger partial charge in [-0.1, -0.05) is 33.1 Å². The lowest BCUT2D eigenvalue weighted by molar-refractivity contribution is -0.156. The smallest absolute Gasteiger partial charge is 0.00987 e. The molecule has 19 heavy (non-hydrogen) atoms. The predicted molar refractivity (Wildman–Crippen MR) is 79.8 cm³/mol. The highest BCUT2D eigenvalue weighted by molar-refractivity contribution is 5.13. The van der Waals surface area contributed by atoms with Gasteiger partial charge >= 0.3 is 0 Å². The number of hydrogen-bond acceptors (Lipinski definition) is 1. The van der Waals surface area contributed by atoms with Gasteiger partial charge in [-0.3, -0.25) is 0 Å². The molecule has 2 N–H and O–H groups in total. The van der Waals surface area contributed by atoms with Crippen LogP contribution in [0.1, 0.15) is 78.1 Å². The standard InChI is InChI=1S/C18H31N/c1-16-7-14-8-17(2,10-16)12-18(9-14,11-16)15(19)6-13-4-3-5-13/h13-15H,3-12,19H2,1-2H3. The van der Waals surface area contributed by atoms with Gasteiger partial charge in [-0.15, -0.1) is 0 Å². The Bertz CT molecular complexity index is 365. The lowest BCUT2D eigenvalue weighted by atomic mass is 9.39. The molecule has 0 aromatic rings. The molecule has 5 aliphatic rings. The van der Waals surface area contributed by atoms with Crippen molar-refractivity contribution < 1.29 is 0 Å². The van der Waals surface area contributed by atoms with Crippen LogP contribution in [0.15, 0.2) is 0 Å². The highest BCUT2D eigenvalue weighted by Crippen LogP contribution is 2.70. The van der Waals surface area contributed by atoms with Crippen LogP contribution in [0.2, 0.25) is 0 Å². The van der Waals surface area contributed by atoms with E-state index in [4.69, 9.17) is 5.73 Å². The average molecular weight is 261 g/mol. The minimum atomic E-state index is 0.500. The van der Waals surface area contributed by atoms with E-state index in [9.17, 15) is 0 Å². The Morgan fingerprint density at radius 2 is 1.63 bits per heavy atom. The summed E-state index contributed by atoms with van der Waals surface area (Å²) >= 11 is 0. The number of nitrogens with two attached hydrogens (primary N) is 1. The minimum Gasteiger partial charge on any atom is -0.327 e. The maximum absolute atomic E-state index is 6.80. The van der Waals surface area contributed by atoms with Crippen molar-refractivity contribution in [2.75, 3.05) is 0 Å². The predicted octanol–water partition coefficient (Wildman–Crippen LogP) is 4.50. The molecule has 3 atom stereocenters. The fourth-order valence-electron chi connectivity index (χ4n) is 7.29. The quantitative estimate of drug-likeness (QED) is 0.795. The van der Waals surface area contributed by atoms with Crippen LogP contribution < -0.4 is 5.73 Å². The molecule has 0 heterocycles. The van der Waals surface area contributed by atoms with E-state index in [1.165, 1.54) is 64.2 Å². The molecule has 0 amide bonds. The minimum absolute atomic E-state index is 0.500. The molecule has 5 fully saturated rings. The first kappa shape index (κ1) is 12.7. The second-order valence-corrected chi connectivity index (χ2v) is 9.63. The molecule has 1 heteroatoms. The molecular weight excluding hydrogens is 230 g/mol. The van der Waals surface area contributed by atoms with Gasteiger partial charge in [-0.2, -0.15) is 0 Å². The fourth-order valence-corrected chi connectivity index (χ4v) is 7.29. The molecule has 5 rings (SSSR count). The van der Waals surface area contributed by atoms with Crippen molar-refractivity contribution in [3.05, 3.63) is 0 Å². The molecule has 0 aromatic heterocycles. The molecule has 0 radical (unpaired) electrons. The van der Waals surface area contributed by atoms with Crippen molar-refractivity contribution in [2.45, 2.75) is 84.1 Å². The van der Waals surface area contributed by atoms with Gasteiger partial charge in [-0.05, 0) is 73.0 Å². The zero-order chi connectivity index (χ0) is 13.3. The highest BCUT2D eigenvalue weighted by Gasteiger charge is 2.61. The second-order valence-electron chi connectivity index (χ2n) is 9.63. The maximum Gasteiger partial charge on any atom is 0.00987 e. The first-order valence-corrected chi connectivity index (χ1v) is 8.66. The molecular formula is C18H31N. The summed E-state index contributed by atoms with van der Waals surface area (Å²) < 4.78 is 0. The molecule has 0 aliphatic heterocycles. The van der Waals surface area contributed by atoms with Gasteiger partial charge in [-0.25, -0.2) is 0 Å². The number of rotatable bonds is 3. The Morgan fingerprint density at radius 3 is 2.11 bits per heavy atom. The summed E-state index contributed by atoms with van der Waals surface area (Å²) in [6, 6.07) is 0.500. The molecule has 0 spiro atoms. The molecule has 0 aromatic carbocycles. The van der Waals surface area contributed by atoms with E-state index in [1.807, 2.05) is 0 Å². The van der Waals surface area contributed by atoms with E-state index in [0.717, 1.165) is 11.8 Å². The third-order valence-corrected chi connectivity index (χ3v) is 7.27. The molecule has 3 unspecified atom stereocenters. The third kappa shape index (κ3) is 1.91. The molecule has 1 nitrogen and oxygen atoms in total. The van der Waals surface area contributed by atoms with Crippen molar-refractivity contribution in [3.8, 4) is 0 Å². The van der Waals surface area contributed by atoms with Crippen LogP contribution in [0.3, 0.4) is 0 Å². The van der Waals surface area contributed by atoms with Gasteiger partial charge in [0.15, 0.2) is 0 Å². The van der Waals surface area contributed by atoms with E-state index < -0.39 is 0 Å². The summed E-state index contributed by atoms with van der Waals surface area (Å²) in [7, 11) is 0. The molecule has 4 bridgehead atoms. The Hall–Kier alpha value is -0.0400. The molecule has 5 aliphatic carbocycles. The lowest BCUT2D eigenvalue weighted by Crippen LogP contribution is -2.60. The van der Waals surface area contributed by atoms with Crippen molar-refractivity contribution in [2.24, 2.45) is 33.8 Å². The van der Waals surface area contributed by atoms with Crippen molar-refractivity contribution in [1.82, 2.24) is 0 Å².